The van der Waals surface area contributed by atoms with Crippen molar-refractivity contribution in [3.8, 4) is 5.75 Å². The van der Waals surface area contributed by atoms with Crippen LogP contribution >= 0.6 is 0 Å². The summed E-state index contributed by atoms with van der Waals surface area (Å²) in [5, 5.41) is 11.4. The molecule has 2 aromatic rings. The van der Waals surface area contributed by atoms with Crippen LogP contribution in [0.1, 0.15) is 13.8 Å². The van der Waals surface area contributed by atoms with Crippen molar-refractivity contribution in [2.75, 3.05) is 13.1 Å². The molecule has 0 unspecified atom stereocenters. The zero-order chi connectivity index (χ0) is 15.4. The number of fused-ring (bicyclic) bond motifs is 1. The molecule has 0 saturated carbocycles. The molecule has 0 bridgehead atoms. The van der Waals surface area contributed by atoms with Crippen molar-refractivity contribution in [2.24, 2.45) is 0 Å². The number of amides is 1. The van der Waals surface area contributed by atoms with Gasteiger partial charge < -0.3 is 9.64 Å². The van der Waals surface area contributed by atoms with Crippen LogP contribution in [0.15, 0.2) is 30.5 Å². The van der Waals surface area contributed by atoms with E-state index in [1.54, 1.807) is 12.1 Å². The van der Waals surface area contributed by atoms with Gasteiger partial charge in [-0.2, -0.15) is 0 Å². The summed E-state index contributed by atoms with van der Waals surface area (Å²) in [5.74, 6) is 0.216. The van der Waals surface area contributed by atoms with E-state index in [1.165, 1.54) is 23.2 Å². The van der Waals surface area contributed by atoms with Gasteiger partial charge in [-0.15, -0.1) is 0 Å². The molecule has 0 aliphatic carbocycles. The molecule has 7 nitrogen and oxygen atoms in total. The summed E-state index contributed by atoms with van der Waals surface area (Å²) in [6.45, 7) is 4.73. The van der Waals surface area contributed by atoms with Gasteiger partial charge in [0.05, 0.1) is 10.3 Å². The maximum atomic E-state index is 12.0. The Morgan fingerprint density at radius 3 is 2.67 bits per heavy atom. The van der Waals surface area contributed by atoms with Gasteiger partial charge >= 0.3 is 6.09 Å². The number of nitro benzene ring substituents is 1. The first-order chi connectivity index (χ1) is 10.1. The number of nitro groups is 1. The van der Waals surface area contributed by atoms with Gasteiger partial charge in [0.2, 0.25) is 0 Å². The minimum atomic E-state index is -0.499. The Kier molecular flexibility index (Phi) is 4.32. The fourth-order valence-electron chi connectivity index (χ4n) is 2.01. The molecule has 0 atom stereocenters. The lowest BCUT2D eigenvalue weighted by atomic mass is 10.1. The van der Waals surface area contributed by atoms with Gasteiger partial charge in [-0.3, -0.25) is 15.1 Å². The topological polar surface area (TPSA) is 85.6 Å². The van der Waals surface area contributed by atoms with E-state index in [1.807, 2.05) is 13.8 Å². The average Bonchev–Trinajstić information content (AvgIpc) is 2.48. The standard InChI is InChI=1S/C14H15N3O4/c1-3-16(4-2)14(18)21-12-8-7-11(17(19)20)10-6-5-9-15-13(10)12/h5-9H,3-4H2,1-2H3. The number of pyridine rings is 1. The van der Waals surface area contributed by atoms with E-state index in [0.717, 1.165) is 0 Å². The molecule has 0 N–H and O–H groups in total. The maximum absolute atomic E-state index is 12.0. The van der Waals surface area contributed by atoms with Gasteiger partial charge in [0.25, 0.3) is 5.69 Å². The summed E-state index contributed by atoms with van der Waals surface area (Å²) in [6, 6.07) is 5.89. The minimum absolute atomic E-state index is 0.0688. The Bertz CT molecular complexity index is 683. The molecular formula is C14H15N3O4. The van der Waals surface area contributed by atoms with Crippen LogP contribution in [-0.2, 0) is 0 Å². The summed E-state index contributed by atoms with van der Waals surface area (Å²) in [5.41, 5.74) is 0.230. The predicted molar refractivity (Wildman–Crippen MR) is 77.3 cm³/mol. The quantitative estimate of drug-likeness (QED) is 0.638. The first-order valence-electron chi connectivity index (χ1n) is 6.57. The van der Waals surface area contributed by atoms with E-state index in [9.17, 15) is 14.9 Å². The molecular weight excluding hydrogens is 274 g/mol. The molecule has 0 aliphatic heterocycles. The van der Waals surface area contributed by atoms with Crippen LogP contribution in [0, 0.1) is 10.1 Å². The molecule has 2 rings (SSSR count). The zero-order valence-corrected chi connectivity index (χ0v) is 11.8. The highest BCUT2D eigenvalue weighted by Crippen LogP contribution is 2.31. The normalized spacial score (nSPS) is 10.4. The highest BCUT2D eigenvalue weighted by Gasteiger charge is 2.19. The lowest BCUT2D eigenvalue weighted by Crippen LogP contribution is -2.33. The summed E-state index contributed by atoms with van der Waals surface area (Å²) >= 11 is 0. The van der Waals surface area contributed by atoms with Crippen LogP contribution < -0.4 is 4.74 Å². The van der Waals surface area contributed by atoms with Crippen molar-refractivity contribution in [3.05, 3.63) is 40.6 Å². The van der Waals surface area contributed by atoms with Crippen LogP contribution in [0.25, 0.3) is 10.9 Å². The fraction of sp³-hybridized carbons (Fsp3) is 0.286. The molecule has 1 aromatic heterocycles. The Hall–Kier alpha value is -2.70. The number of benzene rings is 1. The number of non-ortho nitro benzene ring substituents is 1. The van der Waals surface area contributed by atoms with Crippen LogP contribution in [0.4, 0.5) is 10.5 Å². The van der Waals surface area contributed by atoms with Crippen molar-refractivity contribution in [1.82, 2.24) is 9.88 Å². The van der Waals surface area contributed by atoms with Crippen molar-refractivity contribution in [3.63, 3.8) is 0 Å². The van der Waals surface area contributed by atoms with Gasteiger partial charge in [-0.05, 0) is 32.0 Å². The molecule has 110 valence electrons. The molecule has 0 radical (unpaired) electrons. The monoisotopic (exact) mass is 289 g/mol. The lowest BCUT2D eigenvalue weighted by molar-refractivity contribution is -0.383. The third-order valence-corrected chi connectivity index (χ3v) is 3.13. The first kappa shape index (κ1) is 14.7. The van der Waals surface area contributed by atoms with E-state index in [2.05, 4.69) is 4.98 Å². The number of carbonyl (C=O) groups excluding carboxylic acids is 1. The zero-order valence-electron chi connectivity index (χ0n) is 11.8. The highest BCUT2D eigenvalue weighted by atomic mass is 16.6. The smallest absolute Gasteiger partial charge is 0.408 e. The lowest BCUT2D eigenvalue weighted by Gasteiger charge is -2.18. The number of rotatable bonds is 4. The van der Waals surface area contributed by atoms with Crippen molar-refractivity contribution in [1.29, 1.82) is 0 Å². The van der Waals surface area contributed by atoms with Crippen molar-refractivity contribution < 1.29 is 14.5 Å². The second kappa shape index (κ2) is 6.17. The molecule has 1 heterocycles. The van der Waals surface area contributed by atoms with Crippen LogP contribution in [-0.4, -0.2) is 34.0 Å². The second-order valence-corrected chi connectivity index (χ2v) is 4.28. The number of hydrogen-bond donors (Lipinski definition) is 0. The molecule has 1 amide bonds. The Balaban J connectivity index is 2.44. The molecule has 0 fully saturated rings. The van der Waals surface area contributed by atoms with Gasteiger partial charge in [0, 0.05) is 25.4 Å². The van der Waals surface area contributed by atoms with E-state index in [-0.39, 0.29) is 11.4 Å². The van der Waals surface area contributed by atoms with Crippen LogP contribution in [0.3, 0.4) is 0 Å². The number of nitrogens with zero attached hydrogens (tertiary/aromatic N) is 3. The molecule has 0 saturated heterocycles. The van der Waals surface area contributed by atoms with Gasteiger partial charge in [-0.1, -0.05) is 0 Å². The number of aromatic nitrogens is 1. The van der Waals surface area contributed by atoms with E-state index in [4.69, 9.17) is 4.74 Å². The van der Waals surface area contributed by atoms with E-state index >= 15 is 0 Å². The number of ether oxygens (including phenoxy) is 1. The van der Waals surface area contributed by atoms with Crippen molar-refractivity contribution in [2.45, 2.75) is 13.8 Å². The van der Waals surface area contributed by atoms with E-state index < -0.39 is 11.0 Å². The number of hydrogen-bond acceptors (Lipinski definition) is 5. The highest BCUT2D eigenvalue weighted by molar-refractivity contribution is 5.93. The minimum Gasteiger partial charge on any atom is -0.408 e. The summed E-state index contributed by atoms with van der Waals surface area (Å²) < 4.78 is 5.31. The summed E-state index contributed by atoms with van der Waals surface area (Å²) in [4.78, 5) is 28.1. The van der Waals surface area contributed by atoms with Crippen LogP contribution in [0.5, 0.6) is 5.75 Å². The molecule has 21 heavy (non-hydrogen) atoms. The average molecular weight is 289 g/mol. The maximum Gasteiger partial charge on any atom is 0.415 e. The SMILES string of the molecule is CCN(CC)C(=O)Oc1ccc([N+](=O)[O-])c2cccnc12. The third-order valence-electron chi connectivity index (χ3n) is 3.13. The van der Waals surface area contributed by atoms with Gasteiger partial charge in [0.1, 0.15) is 5.52 Å². The summed E-state index contributed by atoms with van der Waals surface area (Å²) in [7, 11) is 0. The molecule has 0 aliphatic rings. The first-order valence-corrected chi connectivity index (χ1v) is 6.57. The van der Waals surface area contributed by atoms with E-state index in [0.29, 0.717) is 24.0 Å². The Morgan fingerprint density at radius 1 is 1.33 bits per heavy atom. The summed E-state index contributed by atoms with van der Waals surface area (Å²) in [6.07, 6.45) is 1.00. The number of carbonyl (C=O) groups is 1. The third kappa shape index (κ3) is 2.91. The van der Waals surface area contributed by atoms with Gasteiger partial charge in [0.15, 0.2) is 5.75 Å². The van der Waals surface area contributed by atoms with Crippen LogP contribution in [0.2, 0.25) is 0 Å². The Morgan fingerprint density at radius 2 is 2.05 bits per heavy atom. The fourth-order valence-corrected chi connectivity index (χ4v) is 2.01. The Labute approximate surface area is 121 Å². The predicted octanol–water partition coefficient (Wildman–Crippen LogP) is 2.98. The van der Waals surface area contributed by atoms with Crippen molar-refractivity contribution >= 4 is 22.7 Å². The molecule has 0 spiro atoms. The second-order valence-electron chi connectivity index (χ2n) is 4.28. The van der Waals surface area contributed by atoms with Gasteiger partial charge in [-0.25, -0.2) is 4.79 Å². The molecule has 1 aromatic carbocycles. The largest absolute Gasteiger partial charge is 0.415 e. The molecule has 7 heteroatoms.